The number of hydrogen-bond acceptors (Lipinski definition) is 2. The number of rotatable bonds is 7. The van der Waals surface area contributed by atoms with Crippen LogP contribution in [0.3, 0.4) is 0 Å². The average Bonchev–Trinajstić information content (AvgIpc) is 2.43. The Morgan fingerprint density at radius 2 is 1.84 bits per heavy atom. The van der Waals surface area contributed by atoms with Gasteiger partial charge in [0.15, 0.2) is 0 Å². The van der Waals surface area contributed by atoms with Gasteiger partial charge in [-0.15, -0.1) is 0 Å². The molecule has 2 aromatic rings. The fourth-order valence-corrected chi connectivity index (χ4v) is 2.34. The van der Waals surface area contributed by atoms with Crippen molar-refractivity contribution >= 4 is 16.6 Å². The Labute approximate surface area is 116 Å². The molecular weight excluding hydrogens is 232 g/mol. The second kappa shape index (κ2) is 7.13. The van der Waals surface area contributed by atoms with Crippen LogP contribution in [0.5, 0.6) is 0 Å². The molecule has 2 nitrogen and oxygen atoms in total. The van der Waals surface area contributed by atoms with E-state index in [0.29, 0.717) is 0 Å². The molecule has 1 aromatic carbocycles. The van der Waals surface area contributed by atoms with Gasteiger partial charge in [0.1, 0.15) is 0 Å². The summed E-state index contributed by atoms with van der Waals surface area (Å²) in [6.45, 7) is 5.34. The third-order valence-electron chi connectivity index (χ3n) is 3.46. The highest BCUT2D eigenvalue weighted by Gasteiger charge is 2.01. The molecule has 2 rings (SSSR count). The summed E-state index contributed by atoms with van der Waals surface area (Å²) in [5.41, 5.74) is 3.33. The first-order valence-electron chi connectivity index (χ1n) is 7.41. The second-order valence-electron chi connectivity index (χ2n) is 5.17. The minimum atomic E-state index is 1.04. The van der Waals surface area contributed by atoms with Gasteiger partial charge in [0.2, 0.25) is 0 Å². The maximum absolute atomic E-state index is 4.64. The van der Waals surface area contributed by atoms with E-state index in [2.05, 4.69) is 47.6 Å². The van der Waals surface area contributed by atoms with Crippen LogP contribution in [-0.2, 0) is 0 Å². The molecule has 0 fully saturated rings. The highest BCUT2D eigenvalue weighted by Crippen LogP contribution is 2.21. The summed E-state index contributed by atoms with van der Waals surface area (Å²) in [5, 5.41) is 4.74. The van der Waals surface area contributed by atoms with Gasteiger partial charge in [0.25, 0.3) is 0 Å². The molecule has 0 bridgehead atoms. The maximum Gasteiger partial charge on any atom is 0.0936 e. The number of benzene rings is 1. The molecule has 0 radical (unpaired) electrons. The summed E-state index contributed by atoms with van der Waals surface area (Å²) < 4.78 is 0. The predicted octanol–water partition coefficient (Wildman–Crippen LogP) is 4.93. The molecule has 0 aliphatic rings. The van der Waals surface area contributed by atoms with Crippen LogP contribution in [0.2, 0.25) is 0 Å². The standard InChI is InChI=1S/C17H24N2/c1-3-4-5-6-7-13-18-16-10-8-9-15-12-11-14(2)19-17(15)16/h8-12,18H,3-7,13H2,1-2H3. The lowest BCUT2D eigenvalue weighted by atomic mass is 10.1. The molecule has 1 heterocycles. The fourth-order valence-electron chi connectivity index (χ4n) is 2.34. The van der Waals surface area contributed by atoms with E-state index in [1.54, 1.807) is 0 Å². The van der Waals surface area contributed by atoms with Gasteiger partial charge in [0, 0.05) is 17.6 Å². The van der Waals surface area contributed by atoms with Crippen molar-refractivity contribution < 1.29 is 0 Å². The van der Waals surface area contributed by atoms with Crippen LogP contribution in [0.25, 0.3) is 10.9 Å². The topological polar surface area (TPSA) is 24.9 Å². The lowest BCUT2D eigenvalue weighted by Crippen LogP contribution is -2.02. The number of pyridine rings is 1. The Kier molecular flexibility index (Phi) is 5.20. The lowest BCUT2D eigenvalue weighted by molar-refractivity contribution is 0.645. The van der Waals surface area contributed by atoms with Gasteiger partial charge in [0.05, 0.1) is 11.2 Å². The predicted molar refractivity (Wildman–Crippen MR) is 83.7 cm³/mol. The average molecular weight is 256 g/mol. The van der Waals surface area contributed by atoms with Gasteiger partial charge >= 0.3 is 0 Å². The van der Waals surface area contributed by atoms with Crippen LogP contribution in [0.4, 0.5) is 5.69 Å². The number of fused-ring (bicyclic) bond motifs is 1. The van der Waals surface area contributed by atoms with Gasteiger partial charge in [-0.2, -0.15) is 0 Å². The Morgan fingerprint density at radius 3 is 2.68 bits per heavy atom. The second-order valence-corrected chi connectivity index (χ2v) is 5.17. The Balaban J connectivity index is 1.95. The number of para-hydroxylation sites is 1. The van der Waals surface area contributed by atoms with Gasteiger partial charge < -0.3 is 5.32 Å². The summed E-state index contributed by atoms with van der Waals surface area (Å²) in [6, 6.07) is 10.6. The van der Waals surface area contributed by atoms with E-state index in [1.807, 2.05) is 6.92 Å². The van der Waals surface area contributed by atoms with Gasteiger partial charge in [-0.05, 0) is 25.5 Å². The molecule has 0 amide bonds. The third-order valence-corrected chi connectivity index (χ3v) is 3.46. The number of nitrogens with zero attached hydrogens (tertiary/aromatic N) is 1. The Hall–Kier alpha value is -1.57. The SMILES string of the molecule is CCCCCCCNc1cccc2ccc(C)nc12. The quantitative estimate of drug-likeness (QED) is 0.711. The van der Waals surface area contributed by atoms with Crippen LogP contribution < -0.4 is 5.32 Å². The maximum atomic E-state index is 4.64. The lowest BCUT2D eigenvalue weighted by Gasteiger charge is -2.09. The van der Waals surface area contributed by atoms with Crippen LogP contribution in [-0.4, -0.2) is 11.5 Å². The smallest absolute Gasteiger partial charge is 0.0936 e. The number of unbranched alkanes of at least 4 members (excludes halogenated alkanes) is 4. The van der Waals surface area contributed by atoms with E-state index in [-0.39, 0.29) is 0 Å². The minimum Gasteiger partial charge on any atom is -0.383 e. The first-order chi connectivity index (χ1) is 9.31. The van der Waals surface area contributed by atoms with Crippen molar-refractivity contribution in [3.05, 3.63) is 36.0 Å². The summed E-state index contributed by atoms with van der Waals surface area (Å²) in [4.78, 5) is 4.64. The Morgan fingerprint density at radius 1 is 1.00 bits per heavy atom. The van der Waals surface area contributed by atoms with E-state index in [9.17, 15) is 0 Å². The largest absolute Gasteiger partial charge is 0.383 e. The van der Waals surface area contributed by atoms with E-state index in [0.717, 1.165) is 23.4 Å². The van der Waals surface area contributed by atoms with E-state index in [1.165, 1.54) is 37.5 Å². The fraction of sp³-hybridized carbons (Fsp3) is 0.471. The summed E-state index contributed by atoms with van der Waals surface area (Å²) >= 11 is 0. The number of anilines is 1. The molecule has 2 heteroatoms. The molecule has 0 saturated heterocycles. The zero-order chi connectivity index (χ0) is 13.5. The van der Waals surface area contributed by atoms with Crippen molar-refractivity contribution in [2.24, 2.45) is 0 Å². The summed E-state index contributed by atoms with van der Waals surface area (Å²) in [6.07, 6.45) is 6.57. The molecule has 0 unspecified atom stereocenters. The van der Waals surface area contributed by atoms with Crippen molar-refractivity contribution in [2.45, 2.75) is 46.0 Å². The van der Waals surface area contributed by atoms with E-state index >= 15 is 0 Å². The molecule has 102 valence electrons. The molecule has 1 aromatic heterocycles. The number of aromatic nitrogens is 1. The number of nitrogens with one attached hydrogen (secondary N) is 1. The minimum absolute atomic E-state index is 1.04. The van der Waals surface area contributed by atoms with Crippen molar-refractivity contribution in [1.82, 2.24) is 4.98 Å². The molecule has 0 aliphatic heterocycles. The van der Waals surface area contributed by atoms with Crippen molar-refractivity contribution in [2.75, 3.05) is 11.9 Å². The molecule has 19 heavy (non-hydrogen) atoms. The van der Waals surface area contributed by atoms with Crippen LogP contribution in [0.15, 0.2) is 30.3 Å². The van der Waals surface area contributed by atoms with Crippen molar-refractivity contribution in [3.8, 4) is 0 Å². The Bertz CT molecular complexity index is 520. The number of aryl methyl sites for hydroxylation is 1. The van der Waals surface area contributed by atoms with Crippen LogP contribution >= 0.6 is 0 Å². The van der Waals surface area contributed by atoms with Gasteiger partial charge in [-0.3, -0.25) is 4.98 Å². The first-order valence-corrected chi connectivity index (χ1v) is 7.41. The zero-order valence-corrected chi connectivity index (χ0v) is 12.1. The van der Waals surface area contributed by atoms with Crippen LogP contribution in [0.1, 0.15) is 44.7 Å². The molecule has 0 atom stereocenters. The molecular formula is C17H24N2. The molecule has 0 spiro atoms. The van der Waals surface area contributed by atoms with Crippen LogP contribution in [0, 0.1) is 6.92 Å². The normalized spacial score (nSPS) is 10.8. The van der Waals surface area contributed by atoms with Crippen molar-refractivity contribution in [1.29, 1.82) is 0 Å². The summed E-state index contributed by atoms with van der Waals surface area (Å²) in [5.74, 6) is 0. The van der Waals surface area contributed by atoms with E-state index < -0.39 is 0 Å². The molecule has 1 N–H and O–H groups in total. The van der Waals surface area contributed by atoms with Gasteiger partial charge in [-0.25, -0.2) is 0 Å². The zero-order valence-electron chi connectivity index (χ0n) is 12.1. The van der Waals surface area contributed by atoms with Gasteiger partial charge in [-0.1, -0.05) is 50.8 Å². The monoisotopic (exact) mass is 256 g/mol. The first kappa shape index (κ1) is 13.9. The van der Waals surface area contributed by atoms with Crippen molar-refractivity contribution in [3.63, 3.8) is 0 Å². The third kappa shape index (κ3) is 3.95. The molecule has 0 aliphatic carbocycles. The van der Waals surface area contributed by atoms with E-state index in [4.69, 9.17) is 0 Å². The summed E-state index contributed by atoms with van der Waals surface area (Å²) in [7, 11) is 0. The highest BCUT2D eigenvalue weighted by atomic mass is 14.9. The highest BCUT2D eigenvalue weighted by molar-refractivity contribution is 5.90. The molecule has 0 saturated carbocycles. The number of hydrogen-bond donors (Lipinski definition) is 1.